The molecule has 1 aliphatic rings. The van der Waals surface area contributed by atoms with Gasteiger partial charge in [-0.3, -0.25) is 0 Å². The summed E-state index contributed by atoms with van der Waals surface area (Å²) < 4.78 is 16.8. The molecule has 3 aromatic rings. The van der Waals surface area contributed by atoms with E-state index in [0.29, 0.717) is 6.61 Å². The van der Waals surface area contributed by atoms with E-state index in [1.165, 1.54) is 16.6 Å². The zero-order valence-electron chi connectivity index (χ0n) is 15.4. The molecule has 2 N–H and O–H groups in total. The zero-order chi connectivity index (χ0) is 18.1. The predicted octanol–water partition coefficient (Wildman–Crippen LogP) is 3.82. The molecule has 0 radical (unpaired) electrons. The third-order valence-electron chi connectivity index (χ3n) is 4.98. The number of nitrogens with one attached hydrogen (secondary N) is 2. The van der Waals surface area contributed by atoms with E-state index in [4.69, 9.17) is 14.2 Å². The summed E-state index contributed by atoms with van der Waals surface area (Å²) in [6.45, 7) is 3.58. The first-order chi connectivity index (χ1) is 12.8. The molecule has 0 saturated carbocycles. The summed E-state index contributed by atoms with van der Waals surface area (Å²) in [7, 11) is 3.35. The largest absolute Gasteiger partial charge is 0.494 e. The zero-order valence-corrected chi connectivity index (χ0v) is 15.4. The van der Waals surface area contributed by atoms with Gasteiger partial charge in [0.1, 0.15) is 5.75 Å². The Labute approximate surface area is 153 Å². The van der Waals surface area contributed by atoms with Gasteiger partial charge in [0.15, 0.2) is 11.5 Å². The second-order valence-corrected chi connectivity index (χ2v) is 6.38. The molecule has 0 amide bonds. The lowest BCUT2D eigenvalue weighted by molar-refractivity contribution is 0.340. The Kier molecular flexibility index (Phi) is 4.47. The number of aromatic nitrogens is 1. The molecule has 0 bridgehead atoms. The third kappa shape index (κ3) is 2.69. The van der Waals surface area contributed by atoms with Gasteiger partial charge < -0.3 is 24.5 Å². The van der Waals surface area contributed by atoms with Gasteiger partial charge in [0, 0.05) is 28.7 Å². The number of hydrogen-bond donors (Lipinski definition) is 2. The Morgan fingerprint density at radius 1 is 1.12 bits per heavy atom. The first kappa shape index (κ1) is 16.8. The van der Waals surface area contributed by atoms with Crippen molar-refractivity contribution in [2.45, 2.75) is 19.4 Å². The minimum atomic E-state index is 0.0340. The molecule has 0 saturated heterocycles. The molecule has 5 heteroatoms. The summed E-state index contributed by atoms with van der Waals surface area (Å²) in [5.74, 6) is 2.43. The molecule has 5 nitrogen and oxygen atoms in total. The van der Waals surface area contributed by atoms with E-state index >= 15 is 0 Å². The van der Waals surface area contributed by atoms with Crippen molar-refractivity contribution in [1.82, 2.24) is 10.3 Å². The summed E-state index contributed by atoms with van der Waals surface area (Å²) in [6.07, 6.45) is 0.980. The highest BCUT2D eigenvalue weighted by Gasteiger charge is 2.28. The molecular formula is C21H24N2O3. The van der Waals surface area contributed by atoms with E-state index in [9.17, 15) is 0 Å². The van der Waals surface area contributed by atoms with Gasteiger partial charge >= 0.3 is 0 Å². The van der Waals surface area contributed by atoms with Gasteiger partial charge in [0.25, 0.3) is 0 Å². The predicted molar refractivity (Wildman–Crippen MR) is 103 cm³/mol. The normalized spacial score (nSPS) is 16.3. The number of para-hydroxylation sites is 1. The topological polar surface area (TPSA) is 55.5 Å². The van der Waals surface area contributed by atoms with Crippen LogP contribution >= 0.6 is 0 Å². The highest BCUT2D eigenvalue weighted by molar-refractivity contribution is 5.87. The fourth-order valence-corrected chi connectivity index (χ4v) is 3.87. The molecule has 1 atom stereocenters. The minimum absolute atomic E-state index is 0.0340. The van der Waals surface area contributed by atoms with E-state index in [1.54, 1.807) is 14.2 Å². The van der Waals surface area contributed by atoms with Crippen LogP contribution in [0.25, 0.3) is 10.9 Å². The fraction of sp³-hybridized carbons (Fsp3) is 0.333. The van der Waals surface area contributed by atoms with Crippen molar-refractivity contribution in [2.75, 3.05) is 27.4 Å². The summed E-state index contributed by atoms with van der Waals surface area (Å²) in [5, 5.41) is 4.86. The second kappa shape index (κ2) is 6.92. The molecule has 1 unspecified atom stereocenters. The van der Waals surface area contributed by atoms with E-state index in [-0.39, 0.29) is 6.04 Å². The molecule has 136 valence electrons. The SMILES string of the molecule is CCOc1ccc2[nH]c3c(c2c1)CCNC3c1cccc(OC)c1OC. The van der Waals surface area contributed by atoms with Crippen LogP contribution in [0.1, 0.15) is 29.8 Å². The lowest BCUT2D eigenvalue weighted by atomic mass is 9.93. The van der Waals surface area contributed by atoms with Gasteiger partial charge in [-0.15, -0.1) is 0 Å². The monoisotopic (exact) mass is 352 g/mol. The molecule has 26 heavy (non-hydrogen) atoms. The Bertz CT molecular complexity index is 932. The van der Waals surface area contributed by atoms with Gasteiger partial charge in [-0.25, -0.2) is 0 Å². The Hall–Kier alpha value is -2.66. The fourth-order valence-electron chi connectivity index (χ4n) is 3.87. The van der Waals surface area contributed by atoms with Crippen LogP contribution in [-0.4, -0.2) is 32.4 Å². The van der Waals surface area contributed by atoms with Crippen molar-refractivity contribution in [3.05, 3.63) is 53.2 Å². The maximum absolute atomic E-state index is 5.69. The van der Waals surface area contributed by atoms with Crippen LogP contribution in [0.15, 0.2) is 36.4 Å². The van der Waals surface area contributed by atoms with Gasteiger partial charge in [-0.1, -0.05) is 12.1 Å². The number of rotatable bonds is 5. The molecule has 2 heterocycles. The molecule has 1 aromatic heterocycles. The van der Waals surface area contributed by atoms with E-state index in [1.807, 2.05) is 25.1 Å². The van der Waals surface area contributed by atoms with Crippen molar-refractivity contribution in [3.63, 3.8) is 0 Å². The number of benzene rings is 2. The first-order valence-corrected chi connectivity index (χ1v) is 8.98. The second-order valence-electron chi connectivity index (χ2n) is 6.38. The number of ether oxygens (including phenoxy) is 3. The van der Waals surface area contributed by atoms with Crippen molar-refractivity contribution < 1.29 is 14.2 Å². The maximum Gasteiger partial charge on any atom is 0.165 e. The summed E-state index contributed by atoms with van der Waals surface area (Å²) >= 11 is 0. The molecule has 4 rings (SSSR count). The van der Waals surface area contributed by atoms with Crippen molar-refractivity contribution in [2.24, 2.45) is 0 Å². The molecule has 1 aliphatic heterocycles. The molecule has 0 spiro atoms. The van der Waals surface area contributed by atoms with Crippen LogP contribution < -0.4 is 19.5 Å². The van der Waals surface area contributed by atoms with E-state index in [2.05, 4.69) is 28.5 Å². The van der Waals surface area contributed by atoms with Gasteiger partial charge in [-0.2, -0.15) is 0 Å². The highest BCUT2D eigenvalue weighted by Crippen LogP contribution is 2.41. The van der Waals surface area contributed by atoms with Crippen LogP contribution in [-0.2, 0) is 6.42 Å². The number of fused-ring (bicyclic) bond motifs is 3. The van der Waals surface area contributed by atoms with Crippen LogP contribution in [0.4, 0.5) is 0 Å². The molecular weight excluding hydrogens is 328 g/mol. The summed E-state index contributed by atoms with van der Waals surface area (Å²) in [4.78, 5) is 3.61. The smallest absolute Gasteiger partial charge is 0.165 e. The molecule has 2 aromatic carbocycles. The molecule has 0 fully saturated rings. The van der Waals surface area contributed by atoms with Gasteiger partial charge in [0.2, 0.25) is 0 Å². The minimum Gasteiger partial charge on any atom is -0.494 e. The van der Waals surface area contributed by atoms with Gasteiger partial charge in [0.05, 0.1) is 26.9 Å². The van der Waals surface area contributed by atoms with Crippen molar-refractivity contribution in [1.29, 1.82) is 0 Å². The Balaban J connectivity index is 1.85. The standard InChI is InChI=1S/C21H24N2O3/c1-4-26-13-8-9-17-16(12-13)14-10-11-22-19(20(14)23-17)15-6-5-7-18(24-2)21(15)25-3/h5-9,12,19,22-23H,4,10-11H2,1-3H3. The lowest BCUT2D eigenvalue weighted by Gasteiger charge is -2.26. The average molecular weight is 352 g/mol. The summed E-state index contributed by atoms with van der Waals surface area (Å²) in [6, 6.07) is 12.3. The number of aromatic amines is 1. The highest BCUT2D eigenvalue weighted by atomic mass is 16.5. The van der Waals surface area contributed by atoms with Crippen molar-refractivity contribution >= 4 is 10.9 Å². The molecule has 0 aliphatic carbocycles. The number of hydrogen-bond acceptors (Lipinski definition) is 4. The van der Waals surface area contributed by atoms with Crippen LogP contribution in [0.2, 0.25) is 0 Å². The van der Waals surface area contributed by atoms with Crippen molar-refractivity contribution in [3.8, 4) is 17.2 Å². The Morgan fingerprint density at radius 3 is 2.77 bits per heavy atom. The Morgan fingerprint density at radius 2 is 2.00 bits per heavy atom. The van der Waals surface area contributed by atoms with Gasteiger partial charge in [-0.05, 0) is 43.2 Å². The van der Waals surface area contributed by atoms with Crippen LogP contribution in [0, 0.1) is 0 Å². The third-order valence-corrected chi connectivity index (χ3v) is 4.98. The number of H-pyrrole nitrogens is 1. The number of methoxy groups -OCH3 is 2. The lowest BCUT2D eigenvalue weighted by Crippen LogP contribution is -2.30. The van der Waals surface area contributed by atoms with Crippen LogP contribution in [0.5, 0.6) is 17.2 Å². The quantitative estimate of drug-likeness (QED) is 0.733. The van der Waals surface area contributed by atoms with Crippen LogP contribution in [0.3, 0.4) is 0 Å². The average Bonchev–Trinajstić information content (AvgIpc) is 3.05. The summed E-state index contributed by atoms with van der Waals surface area (Å²) in [5.41, 5.74) is 4.74. The maximum atomic E-state index is 5.69. The first-order valence-electron chi connectivity index (χ1n) is 8.98. The van der Waals surface area contributed by atoms with E-state index in [0.717, 1.165) is 41.3 Å². The van der Waals surface area contributed by atoms with E-state index < -0.39 is 0 Å².